The van der Waals surface area contributed by atoms with E-state index < -0.39 is 8.32 Å². The van der Waals surface area contributed by atoms with Crippen molar-refractivity contribution < 1.29 is 19.1 Å². The number of esters is 1. The zero-order valence-corrected chi connectivity index (χ0v) is 24.6. The van der Waals surface area contributed by atoms with Crippen LogP contribution in [0.15, 0.2) is 36.0 Å². The van der Waals surface area contributed by atoms with E-state index in [0.717, 1.165) is 19.3 Å². The molecule has 1 rings (SSSR count). The molecule has 0 fully saturated rings. The van der Waals surface area contributed by atoms with E-state index in [2.05, 4.69) is 75.0 Å². The zero-order valence-electron chi connectivity index (χ0n) is 23.6. The summed E-state index contributed by atoms with van der Waals surface area (Å²) in [4.78, 5) is 11.4. The van der Waals surface area contributed by atoms with E-state index >= 15 is 0 Å². The largest absolute Gasteiger partial charge is 0.458 e. The van der Waals surface area contributed by atoms with Gasteiger partial charge in [-0.15, -0.1) is 6.58 Å². The minimum Gasteiger partial charge on any atom is -0.458 e. The maximum absolute atomic E-state index is 11.4. The third-order valence-electron chi connectivity index (χ3n) is 8.07. The van der Waals surface area contributed by atoms with Crippen LogP contribution in [0.2, 0.25) is 16.6 Å². The molecule has 34 heavy (non-hydrogen) atoms. The first kappa shape index (κ1) is 30.9. The molecule has 3 unspecified atom stereocenters. The van der Waals surface area contributed by atoms with E-state index in [-0.39, 0.29) is 30.2 Å². The fourth-order valence-electron chi connectivity index (χ4n) is 6.27. The van der Waals surface area contributed by atoms with Crippen LogP contribution in [0.4, 0.5) is 0 Å². The van der Waals surface area contributed by atoms with Crippen molar-refractivity contribution in [2.75, 3.05) is 6.61 Å². The summed E-state index contributed by atoms with van der Waals surface area (Å²) in [6.07, 6.45) is 9.22. The predicted octanol–water partition coefficient (Wildman–Crippen LogP) is 7.75. The number of hydrogen-bond donors (Lipinski definition) is 1. The van der Waals surface area contributed by atoms with Crippen LogP contribution >= 0.6 is 0 Å². The van der Waals surface area contributed by atoms with Gasteiger partial charge in [-0.2, -0.15) is 0 Å². The van der Waals surface area contributed by atoms with E-state index in [1.54, 1.807) is 0 Å². The Morgan fingerprint density at radius 1 is 1.15 bits per heavy atom. The van der Waals surface area contributed by atoms with E-state index in [1.807, 2.05) is 12.2 Å². The summed E-state index contributed by atoms with van der Waals surface area (Å²) in [7, 11) is -2.02. The van der Waals surface area contributed by atoms with Gasteiger partial charge in [-0.3, -0.25) is 4.79 Å². The quantitative estimate of drug-likeness (QED) is 0.162. The van der Waals surface area contributed by atoms with Gasteiger partial charge in [0.15, 0.2) is 0 Å². The van der Waals surface area contributed by atoms with Gasteiger partial charge < -0.3 is 14.3 Å². The molecule has 0 amide bonds. The van der Waals surface area contributed by atoms with E-state index in [4.69, 9.17) is 9.16 Å². The van der Waals surface area contributed by atoms with Crippen molar-refractivity contribution in [3.8, 4) is 0 Å². The monoisotopic (exact) mass is 492 g/mol. The van der Waals surface area contributed by atoms with Crippen molar-refractivity contribution >= 4 is 14.3 Å². The summed E-state index contributed by atoms with van der Waals surface area (Å²) in [6.45, 7) is 26.5. The van der Waals surface area contributed by atoms with Crippen LogP contribution in [0.1, 0.15) is 94.9 Å². The number of carbonyl (C=O) groups excluding carboxylic acids is 1. The second-order valence-electron chi connectivity index (χ2n) is 11.6. The molecular weight excluding hydrogens is 440 g/mol. The summed E-state index contributed by atoms with van der Waals surface area (Å²) in [5, 5.41) is 9.35. The smallest absolute Gasteiger partial charge is 0.303 e. The Morgan fingerprint density at radius 3 is 2.15 bits per heavy atom. The van der Waals surface area contributed by atoms with E-state index in [9.17, 15) is 9.90 Å². The molecule has 0 saturated heterocycles. The molecule has 1 N–H and O–H groups in total. The SMILES string of the molecule is C=CC(CC1=C(C)CCC(/C=C/C(CCO)OC(C)=O)C1(C)C)O[Si](C(C)C)(C(C)C)C(C)C. The van der Waals surface area contributed by atoms with E-state index in [1.165, 1.54) is 18.1 Å². The van der Waals surface area contributed by atoms with Gasteiger partial charge in [0.2, 0.25) is 8.32 Å². The maximum atomic E-state index is 11.4. The summed E-state index contributed by atoms with van der Waals surface area (Å²) in [6, 6.07) is 0. The summed E-state index contributed by atoms with van der Waals surface area (Å²) >= 11 is 0. The minimum atomic E-state index is -2.02. The molecule has 0 saturated carbocycles. The molecular formula is C29H52O4Si. The summed E-state index contributed by atoms with van der Waals surface area (Å²) in [5.74, 6) is 0.0113. The Labute approximate surface area is 211 Å². The first-order valence-corrected chi connectivity index (χ1v) is 15.3. The molecule has 0 bridgehead atoms. The van der Waals surface area contributed by atoms with Gasteiger partial charge in [-0.25, -0.2) is 0 Å². The van der Waals surface area contributed by atoms with Crippen LogP contribution in [0.3, 0.4) is 0 Å². The van der Waals surface area contributed by atoms with Gasteiger partial charge in [0, 0.05) is 20.0 Å². The number of rotatable bonds is 13. The molecule has 4 nitrogen and oxygen atoms in total. The van der Waals surface area contributed by atoms with Gasteiger partial charge in [-0.05, 0) is 60.2 Å². The van der Waals surface area contributed by atoms with Gasteiger partial charge in [0.25, 0.3) is 0 Å². The maximum Gasteiger partial charge on any atom is 0.303 e. The van der Waals surface area contributed by atoms with Crippen LogP contribution in [-0.4, -0.2) is 38.2 Å². The molecule has 5 heteroatoms. The number of ether oxygens (including phenoxy) is 1. The molecule has 0 radical (unpaired) electrons. The molecule has 1 aliphatic carbocycles. The number of aliphatic hydroxyl groups is 1. The molecule has 0 aromatic carbocycles. The Kier molecular flexibility index (Phi) is 12.0. The Morgan fingerprint density at radius 2 is 1.71 bits per heavy atom. The van der Waals surface area contributed by atoms with E-state index in [0.29, 0.717) is 29.0 Å². The standard InChI is InChI=1S/C29H52O4Si/c1-12-26(33-34(20(2)3,21(4)5)22(6)7)19-28-23(8)13-14-25(29(28,10)11)15-16-27(17-18-30)32-24(9)31/h12,15-16,20-22,25-27,30H,1,13-14,17-19H2,2-11H3/b16-15+. The lowest BCUT2D eigenvalue weighted by atomic mass is 9.64. The first-order valence-electron chi connectivity index (χ1n) is 13.2. The lowest BCUT2D eigenvalue weighted by Gasteiger charge is -2.46. The predicted molar refractivity (Wildman–Crippen MR) is 146 cm³/mol. The molecule has 0 aromatic heterocycles. The van der Waals surface area contributed by atoms with Crippen LogP contribution < -0.4 is 0 Å². The normalized spacial score (nSPS) is 20.9. The van der Waals surface area contributed by atoms with Crippen molar-refractivity contribution in [2.24, 2.45) is 11.3 Å². The molecule has 0 aliphatic heterocycles. The molecule has 1 aliphatic rings. The van der Waals surface area contributed by atoms with Crippen LogP contribution in [0.5, 0.6) is 0 Å². The lowest BCUT2D eigenvalue weighted by molar-refractivity contribution is -0.144. The van der Waals surface area contributed by atoms with Crippen molar-refractivity contribution in [1.82, 2.24) is 0 Å². The van der Waals surface area contributed by atoms with Crippen molar-refractivity contribution in [3.05, 3.63) is 36.0 Å². The highest BCUT2D eigenvalue weighted by Gasteiger charge is 2.47. The fourth-order valence-corrected chi connectivity index (χ4v) is 11.8. The van der Waals surface area contributed by atoms with Gasteiger partial charge in [-0.1, -0.05) is 78.7 Å². The average molecular weight is 493 g/mol. The number of hydrogen-bond acceptors (Lipinski definition) is 4. The van der Waals surface area contributed by atoms with Crippen LogP contribution in [0.25, 0.3) is 0 Å². The summed E-state index contributed by atoms with van der Waals surface area (Å²) in [5.41, 5.74) is 4.48. The average Bonchev–Trinajstić information content (AvgIpc) is 2.71. The second-order valence-corrected chi connectivity index (χ2v) is 17.0. The summed E-state index contributed by atoms with van der Waals surface area (Å²) < 4.78 is 12.5. The number of aliphatic hydroxyl groups excluding tert-OH is 1. The highest BCUT2D eigenvalue weighted by Crippen LogP contribution is 2.49. The Hall–Kier alpha value is -1.17. The van der Waals surface area contributed by atoms with Gasteiger partial charge in [0.1, 0.15) is 6.10 Å². The highest BCUT2D eigenvalue weighted by molar-refractivity contribution is 6.77. The molecule has 3 atom stereocenters. The first-order chi connectivity index (χ1) is 15.7. The van der Waals surface area contributed by atoms with Crippen molar-refractivity contribution in [3.63, 3.8) is 0 Å². The second kappa shape index (κ2) is 13.2. The Bertz CT molecular complexity index is 711. The molecule has 196 valence electrons. The lowest BCUT2D eigenvalue weighted by Crippen LogP contribution is -2.50. The topological polar surface area (TPSA) is 55.8 Å². The number of allylic oxidation sites excluding steroid dienone is 2. The van der Waals surface area contributed by atoms with Crippen molar-refractivity contribution in [2.45, 2.75) is 124 Å². The molecule has 0 aromatic rings. The van der Waals surface area contributed by atoms with Gasteiger partial charge >= 0.3 is 5.97 Å². The number of carbonyl (C=O) groups is 1. The molecule has 0 spiro atoms. The highest BCUT2D eigenvalue weighted by atomic mass is 28.4. The fraction of sp³-hybridized carbons (Fsp3) is 0.759. The molecule has 0 heterocycles. The third-order valence-corrected chi connectivity index (χ3v) is 14.2. The van der Waals surface area contributed by atoms with Crippen molar-refractivity contribution in [1.29, 1.82) is 0 Å². The minimum absolute atomic E-state index is 0.00778. The van der Waals surface area contributed by atoms with Crippen LogP contribution in [-0.2, 0) is 14.0 Å². The zero-order chi connectivity index (χ0) is 26.3. The van der Waals surface area contributed by atoms with Gasteiger partial charge in [0.05, 0.1) is 6.10 Å². The van der Waals surface area contributed by atoms with Crippen LogP contribution in [0, 0.1) is 11.3 Å². The Balaban J connectivity index is 3.20. The third kappa shape index (κ3) is 7.41.